The summed E-state index contributed by atoms with van der Waals surface area (Å²) in [6, 6.07) is 11.3. The van der Waals surface area contributed by atoms with Gasteiger partial charge >= 0.3 is 5.97 Å². The Bertz CT molecular complexity index is 904. The monoisotopic (exact) mass is 341 g/mol. The number of aromatic nitrogens is 2. The summed E-state index contributed by atoms with van der Waals surface area (Å²) in [6.07, 6.45) is 0. The van der Waals surface area contributed by atoms with Gasteiger partial charge in [0.25, 0.3) is 5.89 Å². The number of primary amides is 1. The molecule has 8 heteroatoms. The van der Waals surface area contributed by atoms with E-state index in [-0.39, 0.29) is 35.3 Å². The molecule has 0 aliphatic carbocycles. The number of nitrogens with two attached hydrogens (primary N) is 1. The van der Waals surface area contributed by atoms with Crippen LogP contribution in [0.3, 0.4) is 0 Å². The number of carbonyl (C=O) groups excluding carboxylic acids is 2. The molecule has 2 N–H and O–H groups in total. The van der Waals surface area contributed by atoms with Gasteiger partial charge in [0.15, 0.2) is 6.61 Å². The summed E-state index contributed by atoms with van der Waals surface area (Å²) in [5, 5.41) is 3.75. The number of nitrogens with zero attached hydrogens (tertiary/aromatic N) is 2. The molecule has 0 unspecified atom stereocenters. The summed E-state index contributed by atoms with van der Waals surface area (Å²) >= 11 is 0. The van der Waals surface area contributed by atoms with E-state index < -0.39 is 11.9 Å². The first-order valence-electron chi connectivity index (χ1n) is 7.18. The predicted molar refractivity (Wildman–Crippen MR) is 83.8 cm³/mol. The van der Waals surface area contributed by atoms with Gasteiger partial charge in [-0.05, 0) is 48.5 Å². The van der Waals surface area contributed by atoms with Crippen LogP contribution in [-0.2, 0) is 11.3 Å². The van der Waals surface area contributed by atoms with Crippen molar-refractivity contribution >= 4 is 11.9 Å². The Hall–Kier alpha value is -3.55. The largest absolute Gasteiger partial charge is 0.452 e. The fourth-order valence-electron chi connectivity index (χ4n) is 2.01. The molecule has 0 spiro atoms. The zero-order valence-electron chi connectivity index (χ0n) is 12.8. The van der Waals surface area contributed by atoms with Crippen molar-refractivity contribution in [3.8, 4) is 11.4 Å². The second-order valence-electron chi connectivity index (χ2n) is 5.04. The Morgan fingerprint density at radius 1 is 1.04 bits per heavy atom. The average molecular weight is 341 g/mol. The Labute approximate surface area is 141 Å². The van der Waals surface area contributed by atoms with Crippen LogP contribution < -0.4 is 5.73 Å². The summed E-state index contributed by atoms with van der Waals surface area (Å²) in [4.78, 5) is 27.0. The van der Waals surface area contributed by atoms with Crippen molar-refractivity contribution in [1.29, 1.82) is 0 Å². The topological polar surface area (TPSA) is 108 Å². The molecular weight excluding hydrogens is 329 g/mol. The number of carbonyl (C=O) groups is 2. The normalized spacial score (nSPS) is 10.4. The Morgan fingerprint density at radius 2 is 1.68 bits per heavy atom. The summed E-state index contributed by atoms with van der Waals surface area (Å²) in [5.74, 6) is -1.21. The van der Waals surface area contributed by atoms with Crippen LogP contribution in [0.15, 0.2) is 53.1 Å². The quantitative estimate of drug-likeness (QED) is 0.714. The lowest BCUT2D eigenvalue weighted by atomic mass is 10.1. The Kier molecular flexibility index (Phi) is 4.51. The van der Waals surface area contributed by atoms with Gasteiger partial charge in [0.05, 0.1) is 5.56 Å². The smallest absolute Gasteiger partial charge is 0.338 e. The Balaban J connectivity index is 1.62. The van der Waals surface area contributed by atoms with Gasteiger partial charge in [-0.1, -0.05) is 5.16 Å². The lowest BCUT2D eigenvalue weighted by molar-refractivity contribution is 0.0429. The summed E-state index contributed by atoms with van der Waals surface area (Å²) in [5.41, 5.74) is 6.25. The molecule has 126 valence electrons. The van der Waals surface area contributed by atoms with E-state index in [4.69, 9.17) is 15.0 Å². The number of amides is 1. The number of hydrogen-bond acceptors (Lipinski definition) is 6. The number of hydrogen-bond donors (Lipinski definition) is 1. The third kappa shape index (κ3) is 3.86. The fraction of sp³-hybridized carbons (Fsp3) is 0.0588. The molecule has 0 bridgehead atoms. The van der Waals surface area contributed by atoms with E-state index in [9.17, 15) is 14.0 Å². The van der Waals surface area contributed by atoms with Gasteiger partial charge < -0.3 is 15.0 Å². The second-order valence-corrected chi connectivity index (χ2v) is 5.04. The van der Waals surface area contributed by atoms with Crippen LogP contribution in [0.5, 0.6) is 0 Å². The van der Waals surface area contributed by atoms with Crippen LogP contribution in [0.25, 0.3) is 11.4 Å². The maximum Gasteiger partial charge on any atom is 0.338 e. The van der Waals surface area contributed by atoms with E-state index in [1.165, 1.54) is 48.5 Å². The summed E-state index contributed by atoms with van der Waals surface area (Å²) in [7, 11) is 0. The number of benzene rings is 2. The van der Waals surface area contributed by atoms with Crippen LogP contribution in [0.1, 0.15) is 26.6 Å². The van der Waals surface area contributed by atoms with Crippen molar-refractivity contribution in [3.63, 3.8) is 0 Å². The molecule has 25 heavy (non-hydrogen) atoms. The van der Waals surface area contributed by atoms with Crippen LogP contribution >= 0.6 is 0 Å². The zero-order valence-corrected chi connectivity index (χ0v) is 12.8. The van der Waals surface area contributed by atoms with Crippen LogP contribution in [0.4, 0.5) is 4.39 Å². The van der Waals surface area contributed by atoms with E-state index in [1.807, 2.05) is 0 Å². The first kappa shape index (κ1) is 16.3. The maximum absolute atomic E-state index is 12.9. The maximum atomic E-state index is 12.9. The van der Waals surface area contributed by atoms with Crippen LogP contribution in [0, 0.1) is 5.82 Å². The van der Waals surface area contributed by atoms with E-state index in [2.05, 4.69) is 10.1 Å². The van der Waals surface area contributed by atoms with Gasteiger partial charge in [-0.2, -0.15) is 4.98 Å². The molecule has 3 rings (SSSR count). The van der Waals surface area contributed by atoms with Crippen molar-refractivity contribution in [1.82, 2.24) is 10.1 Å². The van der Waals surface area contributed by atoms with Crippen molar-refractivity contribution < 1.29 is 23.2 Å². The van der Waals surface area contributed by atoms with Crippen molar-refractivity contribution in [3.05, 3.63) is 71.4 Å². The van der Waals surface area contributed by atoms with Crippen molar-refractivity contribution in [2.75, 3.05) is 0 Å². The molecule has 0 atom stereocenters. The molecule has 0 aliphatic heterocycles. The van der Waals surface area contributed by atoms with Gasteiger partial charge in [-0.25, -0.2) is 9.18 Å². The second kappa shape index (κ2) is 6.91. The molecule has 1 amide bonds. The number of halogens is 1. The molecule has 7 nitrogen and oxygen atoms in total. The molecule has 0 aliphatic rings. The molecular formula is C17H12FN3O4. The van der Waals surface area contributed by atoms with Gasteiger partial charge in [0.2, 0.25) is 11.7 Å². The predicted octanol–water partition coefficient (Wildman–Crippen LogP) is 2.33. The molecule has 1 aromatic heterocycles. The Morgan fingerprint density at radius 3 is 2.32 bits per heavy atom. The minimum atomic E-state index is -0.613. The van der Waals surface area contributed by atoms with Gasteiger partial charge in [0, 0.05) is 11.1 Å². The highest BCUT2D eigenvalue weighted by atomic mass is 19.1. The van der Waals surface area contributed by atoms with Gasteiger partial charge in [-0.15, -0.1) is 0 Å². The van der Waals surface area contributed by atoms with Crippen LogP contribution in [-0.4, -0.2) is 22.0 Å². The number of ether oxygens (including phenoxy) is 1. The van der Waals surface area contributed by atoms with Crippen LogP contribution in [0.2, 0.25) is 0 Å². The summed E-state index contributed by atoms with van der Waals surface area (Å²) < 4.78 is 23.0. The lowest BCUT2D eigenvalue weighted by Crippen LogP contribution is -2.11. The molecule has 0 saturated heterocycles. The minimum Gasteiger partial charge on any atom is -0.452 e. The number of esters is 1. The lowest BCUT2D eigenvalue weighted by Gasteiger charge is -2.02. The fourth-order valence-corrected chi connectivity index (χ4v) is 2.01. The van der Waals surface area contributed by atoms with Crippen molar-refractivity contribution in [2.24, 2.45) is 5.73 Å². The molecule has 0 radical (unpaired) electrons. The first-order chi connectivity index (χ1) is 12.0. The standard InChI is InChI=1S/C17H12FN3O4/c18-13-7-5-11(6-8-13)16-20-14(25-21-16)9-24-17(23)12-3-1-10(2-4-12)15(19)22/h1-8H,9H2,(H2,19,22). The van der Waals surface area contributed by atoms with E-state index in [0.717, 1.165) is 0 Å². The highest BCUT2D eigenvalue weighted by Gasteiger charge is 2.13. The minimum absolute atomic E-state index is 0.0985. The molecule has 1 heterocycles. The summed E-state index contributed by atoms with van der Waals surface area (Å²) in [6.45, 7) is -0.218. The van der Waals surface area contributed by atoms with E-state index in [0.29, 0.717) is 5.56 Å². The van der Waals surface area contributed by atoms with Gasteiger partial charge in [-0.3, -0.25) is 4.79 Å². The highest BCUT2D eigenvalue weighted by Crippen LogP contribution is 2.16. The molecule has 3 aromatic rings. The first-order valence-corrected chi connectivity index (χ1v) is 7.18. The highest BCUT2D eigenvalue weighted by molar-refractivity contribution is 5.95. The third-order valence-electron chi connectivity index (χ3n) is 3.30. The van der Waals surface area contributed by atoms with Crippen molar-refractivity contribution in [2.45, 2.75) is 6.61 Å². The number of rotatable bonds is 5. The third-order valence-corrected chi connectivity index (χ3v) is 3.30. The molecule has 0 saturated carbocycles. The van der Waals surface area contributed by atoms with E-state index in [1.54, 1.807) is 0 Å². The van der Waals surface area contributed by atoms with E-state index >= 15 is 0 Å². The zero-order chi connectivity index (χ0) is 17.8. The molecule has 2 aromatic carbocycles. The average Bonchev–Trinajstić information content (AvgIpc) is 3.09. The van der Waals surface area contributed by atoms with Gasteiger partial charge in [0.1, 0.15) is 5.82 Å². The SMILES string of the molecule is NC(=O)c1ccc(C(=O)OCc2nc(-c3ccc(F)cc3)no2)cc1. The molecule has 0 fully saturated rings.